The highest BCUT2D eigenvalue weighted by Gasteiger charge is 2.29. The van der Waals surface area contributed by atoms with E-state index >= 15 is 0 Å². The first-order valence-corrected chi connectivity index (χ1v) is 8.35. The molecule has 1 aromatic rings. The summed E-state index contributed by atoms with van der Waals surface area (Å²) in [5.74, 6) is -0.603. The Morgan fingerprint density at radius 1 is 1.40 bits per heavy atom. The van der Waals surface area contributed by atoms with Gasteiger partial charge in [0.25, 0.3) is 0 Å². The van der Waals surface area contributed by atoms with E-state index in [1.54, 1.807) is 0 Å². The van der Waals surface area contributed by atoms with Crippen LogP contribution in [0.1, 0.15) is 25.7 Å². The number of nitrogens with two attached hydrogens (primary N) is 1. The van der Waals surface area contributed by atoms with E-state index in [-0.39, 0.29) is 10.7 Å². The van der Waals surface area contributed by atoms with E-state index in [2.05, 4.69) is 0 Å². The van der Waals surface area contributed by atoms with Gasteiger partial charge in [0.2, 0.25) is 10.0 Å². The number of sulfonamides is 1. The van der Waals surface area contributed by atoms with Gasteiger partial charge < -0.3 is 5.73 Å². The predicted molar refractivity (Wildman–Crippen MR) is 77.6 cm³/mol. The van der Waals surface area contributed by atoms with E-state index in [1.165, 1.54) is 17.4 Å². The molecular formula is C13H18ClFN2O2S. The molecule has 0 unspecified atom stereocenters. The molecular weight excluding hydrogens is 303 g/mol. The third-order valence-electron chi connectivity index (χ3n) is 3.70. The fourth-order valence-corrected chi connectivity index (χ4v) is 4.24. The molecule has 20 heavy (non-hydrogen) atoms. The predicted octanol–water partition coefficient (Wildman–Crippen LogP) is 2.87. The third-order valence-corrected chi connectivity index (χ3v) is 5.79. The Balaban J connectivity index is 2.29. The molecule has 1 saturated carbocycles. The average molecular weight is 321 g/mol. The maximum atomic E-state index is 14.0. The normalized spacial score (nSPS) is 17.0. The summed E-state index contributed by atoms with van der Waals surface area (Å²) < 4.78 is 40.0. The van der Waals surface area contributed by atoms with Crippen LogP contribution in [0.5, 0.6) is 0 Å². The third kappa shape index (κ3) is 3.07. The van der Waals surface area contributed by atoms with Gasteiger partial charge in [0.15, 0.2) is 5.82 Å². The van der Waals surface area contributed by atoms with E-state index in [1.807, 2.05) is 0 Å². The van der Waals surface area contributed by atoms with Gasteiger partial charge in [-0.1, -0.05) is 24.4 Å². The summed E-state index contributed by atoms with van der Waals surface area (Å²) in [7, 11) is -2.45. The molecule has 0 spiro atoms. The van der Waals surface area contributed by atoms with Crippen molar-refractivity contribution < 1.29 is 12.8 Å². The Bertz CT molecular complexity index is 601. The second-order valence-corrected chi connectivity index (χ2v) is 7.67. The summed E-state index contributed by atoms with van der Waals surface area (Å²) in [5.41, 5.74) is 5.68. The minimum atomic E-state index is -3.91. The van der Waals surface area contributed by atoms with E-state index in [9.17, 15) is 12.8 Å². The lowest BCUT2D eigenvalue weighted by molar-refractivity contribution is 0.385. The fourth-order valence-electron chi connectivity index (χ4n) is 2.59. The highest BCUT2D eigenvalue weighted by atomic mass is 35.5. The van der Waals surface area contributed by atoms with Crippen LogP contribution in [0.4, 0.5) is 10.1 Å². The van der Waals surface area contributed by atoms with Gasteiger partial charge in [-0.15, -0.1) is 0 Å². The standard InChI is InChI=1S/C13H18ClFN2O2S/c1-17(8-9-4-2-3-5-9)20(18,19)12-7-10(16)6-11(14)13(12)15/h6-7,9H,2-5,8,16H2,1H3. The smallest absolute Gasteiger partial charge is 0.245 e. The number of anilines is 1. The van der Waals surface area contributed by atoms with Crippen molar-refractivity contribution in [1.29, 1.82) is 0 Å². The Labute approximate surface area is 123 Å². The summed E-state index contributed by atoms with van der Waals surface area (Å²) in [4.78, 5) is -0.456. The number of rotatable bonds is 4. The molecule has 0 atom stereocenters. The quantitative estimate of drug-likeness (QED) is 0.868. The Hall–Kier alpha value is -0.850. The minimum absolute atomic E-state index is 0.129. The molecule has 1 aliphatic carbocycles. The molecule has 1 aromatic carbocycles. The zero-order valence-electron chi connectivity index (χ0n) is 11.3. The molecule has 0 heterocycles. The summed E-state index contributed by atoms with van der Waals surface area (Å²) in [5, 5.41) is -0.280. The van der Waals surface area contributed by atoms with Crippen molar-refractivity contribution >= 4 is 27.3 Å². The summed E-state index contributed by atoms with van der Waals surface area (Å²) in [6, 6.07) is 2.31. The minimum Gasteiger partial charge on any atom is -0.399 e. The molecule has 2 N–H and O–H groups in total. The van der Waals surface area contributed by atoms with E-state index in [4.69, 9.17) is 17.3 Å². The molecule has 0 aliphatic heterocycles. The number of benzene rings is 1. The molecule has 7 heteroatoms. The highest BCUT2D eigenvalue weighted by molar-refractivity contribution is 7.89. The van der Waals surface area contributed by atoms with Crippen LogP contribution >= 0.6 is 11.6 Å². The van der Waals surface area contributed by atoms with Crippen molar-refractivity contribution in [3.8, 4) is 0 Å². The topological polar surface area (TPSA) is 63.4 Å². The van der Waals surface area contributed by atoms with Crippen LogP contribution in [-0.2, 0) is 10.0 Å². The van der Waals surface area contributed by atoms with Crippen molar-refractivity contribution in [2.45, 2.75) is 30.6 Å². The Kier molecular flexibility index (Phi) is 4.56. The first kappa shape index (κ1) is 15.5. The first-order valence-electron chi connectivity index (χ1n) is 6.53. The maximum Gasteiger partial charge on any atom is 0.245 e. The monoisotopic (exact) mass is 320 g/mol. The molecule has 0 aromatic heterocycles. The SMILES string of the molecule is CN(CC1CCCC1)S(=O)(=O)c1cc(N)cc(Cl)c1F. The first-order chi connectivity index (χ1) is 9.32. The lowest BCUT2D eigenvalue weighted by atomic mass is 10.1. The van der Waals surface area contributed by atoms with Crippen LogP contribution in [0.2, 0.25) is 5.02 Å². The zero-order chi connectivity index (χ0) is 14.9. The molecule has 0 saturated heterocycles. The van der Waals surface area contributed by atoms with Crippen molar-refractivity contribution in [2.24, 2.45) is 5.92 Å². The van der Waals surface area contributed by atoms with E-state index in [0.717, 1.165) is 31.7 Å². The summed E-state index contributed by atoms with van der Waals surface area (Å²) in [6.07, 6.45) is 4.27. The molecule has 0 amide bonds. The van der Waals surface area contributed by atoms with E-state index < -0.39 is 20.7 Å². The number of halogens is 2. The second kappa shape index (κ2) is 5.87. The number of hydrogen-bond donors (Lipinski definition) is 1. The van der Waals surface area contributed by atoms with Gasteiger partial charge in [-0.2, -0.15) is 0 Å². The van der Waals surface area contributed by atoms with Gasteiger partial charge in [-0.3, -0.25) is 0 Å². The largest absolute Gasteiger partial charge is 0.399 e. The van der Waals surface area contributed by atoms with Gasteiger partial charge in [0, 0.05) is 19.3 Å². The van der Waals surface area contributed by atoms with E-state index in [0.29, 0.717) is 12.5 Å². The zero-order valence-corrected chi connectivity index (χ0v) is 12.8. The van der Waals surface area contributed by atoms with Crippen molar-refractivity contribution in [2.75, 3.05) is 19.3 Å². The van der Waals surface area contributed by atoms with Crippen molar-refractivity contribution in [1.82, 2.24) is 4.31 Å². The maximum absolute atomic E-state index is 14.0. The van der Waals surface area contributed by atoms with Crippen LogP contribution in [-0.4, -0.2) is 26.3 Å². The van der Waals surface area contributed by atoms with Gasteiger partial charge in [0.05, 0.1) is 5.02 Å². The van der Waals surface area contributed by atoms with Gasteiger partial charge in [-0.05, 0) is 30.9 Å². The average Bonchev–Trinajstić information content (AvgIpc) is 2.86. The van der Waals surface area contributed by atoms with Gasteiger partial charge >= 0.3 is 0 Å². The highest BCUT2D eigenvalue weighted by Crippen LogP contribution is 2.30. The summed E-state index contributed by atoms with van der Waals surface area (Å²) >= 11 is 5.66. The van der Waals surface area contributed by atoms with Crippen LogP contribution in [0.3, 0.4) is 0 Å². The second-order valence-electron chi connectivity index (χ2n) is 5.25. The molecule has 0 bridgehead atoms. The Morgan fingerprint density at radius 3 is 2.60 bits per heavy atom. The molecule has 4 nitrogen and oxygen atoms in total. The van der Waals surface area contributed by atoms with Gasteiger partial charge in [-0.25, -0.2) is 17.1 Å². The Morgan fingerprint density at radius 2 is 2.00 bits per heavy atom. The summed E-state index contributed by atoms with van der Waals surface area (Å²) in [6.45, 7) is 0.397. The van der Waals surface area contributed by atoms with Gasteiger partial charge in [0.1, 0.15) is 4.90 Å². The van der Waals surface area contributed by atoms with Crippen molar-refractivity contribution in [3.63, 3.8) is 0 Å². The van der Waals surface area contributed by atoms with Crippen LogP contribution in [0.15, 0.2) is 17.0 Å². The molecule has 0 radical (unpaired) electrons. The number of hydrogen-bond acceptors (Lipinski definition) is 3. The van der Waals surface area contributed by atoms with Crippen LogP contribution in [0.25, 0.3) is 0 Å². The van der Waals surface area contributed by atoms with Crippen molar-refractivity contribution in [3.05, 3.63) is 23.0 Å². The molecule has 1 fully saturated rings. The number of nitrogens with zero attached hydrogens (tertiary/aromatic N) is 1. The lowest BCUT2D eigenvalue weighted by Crippen LogP contribution is -2.32. The molecule has 2 rings (SSSR count). The fraction of sp³-hybridized carbons (Fsp3) is 0.538. The van der Waals surface area contributed by atoms with Crippen LogP contribution in [0, 0.1) is 11.7 Å². The molecule has 1 aliphatic rings. The van der Waals surface area contributed by atoms with Crippen LogP contribution < -0.4 is 5.73 Å². The number of nitrogen functional groups attached to an aromatic ring is 1. The molecule has 112 valence electrons. The lowest BCUT2D eigenvalue weighted by Gasteiger charge is -2.21.